The van der Waals surface area contributed by atoms with Crippen LogP contribution in [0.1, 0.15) is 12.5 Å². The number of thiazole rings is 1. The summed E-state index contributed by atoms with van der Waals surface area (Å²) in [5.41, 5.74) is 2.06. The van der Waals surface area contributed by atoms with Gasteiger partial charge in [-0.25, -0.2) is 0 Å². The Morgan fingerprint density at radius 2 is 1.92 bits per heavy atom. The highest BCUT2D eigenvalue weighted by atomic mass is 35.5. The van der Waals surface area contributed by atoms with Gasteiger partial charge in [0.15, 0.2) is 4.80 Å². The van der Waals surface area contributed by atoms with Crippen LogP contribution in [0.4, 0.5) is 0 Å². The molecule has 1 amide bonds. The second kappa shape index (κ2) is 7.06. The number of carbonyl (C=O) groups is 1. The van der Waals surface area contributed by atoms with E-state index in [1.165, 1.54) is 11.3 Å². The van der Waals surface area contributed by atoms with Gasteiger partial charge in [-0.2, -0.15) is 4.99 Å². The van der Waals surface area contributed by atoms with Crippen LogP contribution in [0, 0.1) is 0 Å². The van der Waals surface area contributed by atoms with Gasteiger partial charge < -0.3 is 4.57 Å². The summed E-state index contributed by atoms with van der Waals surface area (Å²) in [4.78, 5) is 17.8. The van der Waals surface area contributed by atoms with Crippen molar-refractivity contribution in [1.29, 1.82) is 0 Å². The number of halogens is 1. The van der Waals surface area contributed by atoms with Crippen LogP contribution in [-0.4, -0.2) is 10.5 Å². The lowest BCUT2D eigenvalue weighted by atomic mass is 10.0. The minimum absolute atomic E-state index is 0.138. The fourth-order valence-corrected chi connectivity index (χ4v) is 4.58. The van der Waals surface area contributed by atoms with E-state index in [0.29, 0.717) is 11.4 Å². The number of carbonyl (C=O) groups excluding carboxylic acids is 1. The third-order valence-electron chi connectivity index (χ3n) is 4.40. The average molecular weight is 381 g/mol. The monoisotopic (exact) mass is 380 g/mol. The van der Waals surface area contributed by atoms with E-state index in [1.807, 2.05) is 48.5 Å². The van der Waals surface area contributed by atoms with Gasteiger partial charge in [0.05, 0.1) is 16.6 Å². The SMILES string of the molecule is CCn1c(=NC(=O)Cc2cccc3ccccc23)sc2cc(Cl)ccc21. The molecule has 0 aliphatic heterocycles. The lowest BCUT2D eigenvalue weighted by Gasteiger charge is -2.04. The molecule has 0 aliphatic carbocycles. The molecule has 130 valence electrons. The van der Waals surface area contributed by atoms with Crippen molar-refractivity contribution in [3.63, 3.8) is 0 Å². The predicted octanol–water partition coefficient (Wildman–Crippen LogP) is 5.20. The van der Waals surface area contributed by atoms with Gasteiger partial charge in [0.2, 0.25) is 0 Å². The number of rotatable bonds is 3. The van der Waals surface area contributed by atoms with E-state index in [2.05, 4.69) is 28.6 Å². The summed E-state index contributed by atoms with van der Waals surface area (Å²) in [5, 5.41) is 2.93. The molecular weight excluding hydrogens is 364 g/mol. The smallest absolute Gasteiger partial charge is 0.252 e. The molecule has 0 fully saturated rings. The molecule has 0 saturated heterocycles. The van der Waals surface area contributed by atoms with E-state index in [0.717, 1.165) is 37.9 Å². The zero-order valence-corrected chi connectivity index (χ0v) is 15.8. The Kier molecular flexibility index (Phi) is 4.62. The number of hydrogen-bond donors (Lipinski definition) is 0. The molecular formula is C21H17ClN2OS. The maximum atomic E-state index is 12.6. The number of nitrogens with zero attached hydrogens (tertiary/aromatic N) is 2. The van der Waals surface area contributed by atoms with Gasteiger partial charge in [-0.1, -0.05) is 65.4 Å². The molecule has 5 heteroatoms. The van der Waals surface area contributed by atoms with E-state index in [9.17, 15) is 4.79 Å². The molecule has 26 heavy (non-hydrogen) atoms. The molecule has 4 rings (SSSR count). The summed E-state index contributed by atoms with van der Waals surface area (Å²) in [6, 6.07) is 19.9. The van der Waals surface area contributed by atoms with Gasteiger partial charge >= 0.3 is 0 Å². The fourth-order valence-electron chi connectivity index (χ4n) is 3.19. The molecule has 3 aromatic carbocycles. The lowest BCUT2D eigenvalue weighted by Crippen LogP contribution is -2.16. The summed E-state index contributed by atoms with van der Waals surface area (Å²) in [7, 11) is 0. The van der Waals surface area contributed by atoms with Crippen molar-refractivity contribution in [1.82, 2.24) is 4.57 Å². The summed E-state index contributed by atoms with van der Waals surface area (Å²) in [6.45, 7) is 2.80. The third kappa shape index (κ3) is 3.18. The summed E-state index contributed by atoms with van der Waals surface area (Å²) in [6.07, 6.45) is 0.292. The van der Waals surface area contributed by atoms with Gasteiger partial charge in [0.1, 0.15) is 0 Å². The molecule has 0 aliphatic rings. The Balaban J connectivity index is 1.74. The predicted molar refractivity (Wildman–Crippen MR) is 109 cm³/mol. The van der Waals surface area contributed by atoms with Crippen molar-refractivity contribution < 1.29 is 4.79 Å². The first kappa shape index (κ1) is 17.0. The van der Waals surface area contributed by atoms with E-state index in [1.54, 1.807) is 0 Å². The van der Waals surface area contributed by atoms with Crippen LogP contribution in [0.5, 0.6) is 0 Å². The molecule has 0 bridgehead atoms. The van der Waals surface area contributed by atoms with Gasteiger partial charge in [0, 0.05) is 11.6 Å². The average Bonchev–Trinajstić information content (AvgIpc) is 2.97. The number of aryl methyl sites for hydroxylation is 1. The lowest BCUT2D eigenvalue weighted by molar-refractivity contribution is -0.117. The van der Waals surface area contributed by atoms with Crippen molar-refractivity contribution >= 4 is 49.8 Å². The van der Waals surface area contributed by atoms with Gasteiger partial charge in [0.25, 0.3) is 5.91 Å². The quantitative estimate of drug-likeness (QED) is 0.481. The van der Waals surface area contributed by atoms with Crippen LogP contribution in [-0.2, 0) is 17.8 Å². The van der Waals surface area contributed by atoms with Gasteiger partial charge in [-0.3, -0.25) is 4.79 Å². The maximum absolute atomic E-state index is 12.6. The highest BCUT2D eigenvalue weighted by Crippen LogP contribution is 2.22. The van der Waals surface area contributed by atoms with E-state index >= 15 is 0 Å². The molecule has 4 aromatic rings. The number of amides is 1. The number of benzene rings is 3. The standard InChI is InChI=1S/C21H17ClN2OS/c1-2-24-18-11-10-16(22)13-19(18)26-21(24)23-20(25)12-15-8-5-7-14-6-3-4-9-17(14)15/h3-11,13H,2,12H2,1H3. The number of aromatic nitrogens is 1. The van der Waals surface area contributed by atoms with Crippen LogP contribution in [0.25, 0.3) is 21.0 Å². The highest BCUT2D eigenvalue weighted by Gasteiger charge is 2.09. The molecule has 1 aromatic heterocycles. The first-order chi connectivity index (χ1) is 12.7. The second-order valence-electron chi connectivity index (χ2n) is 6.06. The third-order valence-corrected chi connectivity index (χ3v) is 5.68. The number of hydrogen-bond acceptors (Lipinski definition) is 2. The Labute approximate surface area is 160 Å². The van der Waals surface area contributed by atoms with Crippen LogP contribution in [0.2, 0.25) is 5.02 Å². The summed E-state index contributed by atoms with van der Waals surface area (Å²) in [5.74, 6) is -0.138. The molecule has 0 atom stereocenters. The van der Waals surface area contributed by atoms with Crippen molar-refractivity contribution in [3.05, 3.63) is 76.1 Å². The topological polar surface area (TPSA) is 34.4 Å². The minimum atomic E-state index is -0.138. The molecule has 0 saturated carbocycles. The Bertz CT molecular complexity index is 1180. The molecule has 0 spiro atoms. The van der Waals surface area contributed by atoms with Crippen molar-refractivity contribution in [3.8, 4) is 0 Å². The van der Waals surface area contributed by atoms with Gasteiger partial charge in [-0.05, 0) is 41.5 Å². The second-order valence-corrected chi connectivity index (χ2v) is 7.51. The fraction of sp³-hybridized carbons (Fsp3) is 0.143. The van der Waals surface area contributed by atoms with E-state index in [4.69, 9.17) is 11.6 Å². The Hall–Kier alpha value is -2.43. The summed E-state index contributed by atoms with van der Waals surface area (Å²) >= 11 is 7.59. The van der Waals surface area contributed by atoms with Crippen LogP contribution in [0.15, 0.2) is 65.7 Å². The minimum Gasteiger partial charge on any atom is -0.317 e. The Morgan fingerprint density at radius 1 is 1.12 bits per heavy atom. The first-order valence-corrected chi connectivity index (χ1v) is 9.68. The highest BCUT2D eigenvalue weighted by molar-refractivity contribution is 7.16. The molecule has 1 heterocycles. The largest absolute Gasteiger partial charge is 0.317 e. The van der Waals surface area contributed by atoms with Gasteiger partial charge in [-0.15, -0.1) is 0 Å². The van der Waals surface area contributed by atoms with Crippen molar-refractivity contribution in [2.45, 2.75) is 19.9 Å². The van der Waals surface area contributed by atoms with Crippen LogP contribution < -0.4 is 4.80 Å². The molecule has 0 unspecified atom stereocenters. The number of fused-ring (bicyclic) bond motifs is 2. The Morgan fingerprint density at radius 3 is 2.77 bits per heavy atom. The van der Waals surface area contributed by atoms with Crippen LogP contribution in [0.3, 0.4) is 0 Å². The summed E-state index contributed by atoms with van der Waals surface area (Å²) < 4.78 is 3.09. The van der Waals surface area contributed by atoms with Crippen molar-refractivity contribution in [2.24, 2.45) is 4.99 Å². The maximum Gasteiger partial charge on any atom is 0.252 e. The van der Waals surface area contributed by atoms with Crippen LogP contribution >= 0.6 is 22.9 Å². The zero-order valence-electron chi connectivity index (χ0n) is 14.3. The molecule has 3 nitrogen and oxygen atoms in total. The normalized spacial score (nSPS) is 12.2. The van der Waals surface area contributed by atoms with Crippen molar-refractivity contribution in [2.75, 3.05) is 0 Å². The van der Waals surface area contributed by atoms with E-state index in [-0.39, 0.29) is 5.91 Å². The molecule has 0 N–H and O–H groups in total. The first-order valence-electron chi connectivity index (χ1n) is 8.49. The zero-order chi connectivity index (χ0) is 18.1. The van der Waals surface area contributed by atoms with E-state index < -0.39 is 0 Å². The molecule has 0 radical (unpaired) electrons.